The summed E-state index contributed by atoms with van der Waals surface area (Å²) < 4.78 is 10.0. The molecule has 0 atom stereocenters. The second kappa shape index (κ2) is 3.86. The SMILES string of the molecule is CCOCc1oc(O)c2c(=O)[nH]c(=O)[nH]c12. The van der Waals surface area contributed by atoms with Crippen molar-refractivity contribution in [3.05, 3.63) is 26.6 Å². The molecule has 2 rings (SSSR count). The zero-order valence-corrected chi connectivity index (χ0v) is 8.49. The summed E-state index contributed by atoms with van der Waals surface area (Å²) in [5, 5.41) is 9.32. The minimum absolute atomic E-state index is 0.0747. The van der Waals surface area contributed by atoms with Crippen molar-refractivity contribution in [2.24, 2.45) is 0 Å². The Hall–Kier alpha value is -2.02. The van der Waals surface area contributed by atoms with Crippen LogP contribution in [-0.2, 0) is 11.3 Å². The molecule has 0 amide bonds. The van der Waals surface area contributed by atoms with Crippen molar-refractivity contribution < 1.29 is 14.3 Å². The van der Waals surface area contributed by atoms with Gasteiger partial charge in [-0.05, 0) is 6.92 Å². The first-order valence-electron chi connectivity index (χ1n) is 4.68. The van der Waals surface area contributed by atoms with E-state index in [2.05, 4.69) is 4.98 Å². The lowest BCUT2D eigenvalue weighted by Crippen LogP contribution is -2.21. The zero-order chi connectivity index (χ0) is 11.7. The van der Waals surface area contributed by atoms with E-state index in [1.165, 1.54) is 0 Å². The van der Waals surface area contributed by atoms with Crippen molar-refractivity contribution in [1.82, 2.24) is 9.97 Å². The van der Waals surface area contributed by atoms with Gasteiger partial charge in [0.2, 0.25) is 0 Å². The van der Waals surface area contributed by atoms with E-state index >= 15 is 0 Å². The summed E-state index contributed by atoms with van der Waals surface area (Å²) in [6.45, 7) is 2.32. The number of hydrogen-bond acceptors (Lipinski definition) is 5. The fraction of sp³-hybridized carbons (Fsp3) is 0.333. The molecule has 3 N–H and O–H groups in total. The number of furan rings is 1. The van der Waals surface area contributed by atoms with Crippen LogP contribution in [0.25, 0.3) is 10.9 Å². The van der Waals surface area contributed by atoms with E-state index in [0.717, 1.165) is 0 Å². The number of aromatic amines is 2. The molecule has 7 heteroatoms. The van der Waals surface area contributed by atoms with Crippen LogP contribution in [0.3, 0.4) is 0 Å². The number of rotatable bonds is 3. The fourth-order valence-corrected chi connectivity index (χ4v) is 1.41. The molecule has 0 aliphatic rings. The molecule has 2 aromatic heterocycles. The summed E-state index contributed by atoms with van der Waals surface area (Å²) in [5.74, 6) is -0.306. The molecular formula is C9H10N2O5. The first kappa shape index (κ1) is 10.5. The topological polar surface area (TPSA) is 108 Å². The van der Waals surface area contributed by atoms with Gasteiger partial charge in [-0.25, -0.2) is 4.79 Å². The largest absolute Gasteiger partial charge is 0.480 e. The van der Waals surface area contributed by atoms with Crippen LogP contribution in [0.4, 0.5) is 0 Å². The molecule has 2 aromatic rings. The second-order valence-corrected chi connectivity index (χ2v) is 3.13. The smallest absolute Gasteiger partial charge is 0.326 e. The van der Waals surface area contributed by atoms with Crippen LogP contribution in [0.2, 0.25) is 0 Å². The number of hydrogen-bond donors (Lipinski definition) is 3. The number of ether oxygens (including phenoxy) is 1. The maximum Gasteiger partial charge on any atom is 0.326 e. The molecule has 86 valence electrons. The van der Waals surface area contributed by atoms with E-state index in [9.17, 15) is 14.7 Å². The summed E-state index contributed by atoms with van der Waals surface area (Å²) in [4.78, 5) is 26.8. The highest BCUT2D eigenvalue weighted by atomic mass is 16.5. The Morgan fingerprint density at radius 1 is 1.38 bits per heavy atom. The van der Waals surface area contributed by atoms with Gasteiger partial charge in [0, 0.05) is 6.61 Å². The number of H-pyrrole nitrogens is 2. The molecule has 0 saturated heterocycles. The standard InChI is InChI=1S/C9H10N2O5/c1-2-15-3-4-6-5(8(13)16-4)7(12)11-9(14)10-6/h13H,2-3H2,1H3,(H2,10,11,12,14). The van der Waals surface area contributed by atoms with E-state index in [4.69, 9.17) is 9.15 Å². The number of aromatic hydroxyl groups is 1. The molecule has 0 unspecified atom stereocenters. The van der Waals surface area contributed by atoms with Crippen molar-refractivity contribution in [2.45, 2.75) is 13.5 Å². The Labute approximate surface area is 88.7 Å². The van der Waals surface area contributed by atoms with Gasteiger partial charge in [0.25, 0.3) is 11.5 Å². The third-order valence-electron chi connectivity index (χ3n) is 2.09. The molecule has 0 aliphatic carbocycles. The monoisotopic (exact) mass is 226 g/mol. The lowest BCUT2D eigenvalue weighted by atomic mass is 10.3. The predicted molar refractivity (Wildman–Crippen MR) is 54.5 cm³/mol. The molecule has 2 heterocycles. The van der Waals surface area contributed by atoms with E-state index in [1.807, 2.05) is 4.98 Å². The van der Waals surface area contributed by atoms with Crippen LogP contribution < -0.4 is 11.2 Å². The van der Waals surface area contributed by atoms with Crippen LogP contribution >= 0.6 is 0 Å². The van der Waals surface area contributed by atoms with Gasteiger partial charge in [-0.1, -0.05) is 0 Å². The first-order chi connectivity index (χ1) is 7.63. The number of fused-ring (bicyclic) bond motifs is 1. The predicted octanol–water partition coefficient (Wildman–Crippen LogP) is 0.0515. The summed E-state index contributed by atoms with van der Waals surface area (Å²) in [6, 6.07) is 0. The highest BCUT2D eigenvalue weighted by Gasteiger charge is 2.16. The Bertz CT molecular complexity index is 621. The van der Waals surface area contributed by atoms with Crippen molar-refractivity contribution >= 4 is 10.9 Å². The highest BCUT2D eigenvalue weighted by molar-refractivity contribution is 5.83. The molecule has 0 fully saturated rings. The quantitative estimate of drug-likeness (QED) is 0.685. The molecule has 0 aliphatic heterocycles. The summed E-state index contributed by atoms with van der Waals surface area (Å²) in [5.41, 5.74) is -1.18. The summed E-state index contributed by atoms with van der Waals surface area (Å²) in [7, 11) is 0. The van der Waals surface area contributed by atoms with Crippen molar-refractivity contribution in [2.75, 3.05) is 6.61 Å². The maximum atomic E-state index is 11.4. The summed E-state index contributed by atoms with van der Waals surface area (Å²) in [6.07, 6.45) is 0. The first-order valence-corrected chi connectivity index (χ1v) is 4.68. The third kappa shape index (κ3) is 1.61. The molecular weight excluding hydrogens is 216 g/mol. The Morgan fingerprint density at radius 3 is 2.81 bits per heavy atom. The van der Waals surface area contributed by atoms with E-state index < -0.39 is 17.2 Å². The van der Waals surface area contributed by atoms with E-state index in [1.54, 1.807) is 6.92 Å². The lowest BCUT2D eigenvalue weighted by molar-refractivity contribution is 0.115. The van der Waals surface area contributed by atoms with Gasteiger partial charge in [0.15, 0.2) is 5.76 Å². The fourth-order valence-electron chi connectivity index (χ4n) is 1.41. The van der Waals surface area contributed by atoms with Crippen molar-refractivity contribution in [3.8, 4) is 5.95 Å². The average molecular weight is 226 g/mol. The zero-order valence-electron chi connectivity index (χ0n) is 8.49. The normalized spacial score (nSPS) is 11.1. The van der Waals surface area contributed by atoms with Gasteiger partial charge < -0.3 is 19.2 Å². The van der Waals surface area contributed by atoms with E-state index in [-0.39, 0.29) is 23.3 Å². The van der Waals surface area contributed by atoms with Gasteiger partial charge >= 0.3 is 5.69 Å². The molecule has 0 saturated carbocycles. The van der Waals surface area contributed by atoms with Crippen LogP contribution in [-0.4, -0.2) is 21.7 Å². The molecule has 0 spiro atoms. The van der Waals surface area contributed by atoms with Gasteiger partial charge in [-0.2, -0.15) is 0 Å². The minimum Gasteiger partial charge on any atom is -0.480 e. The molecule has 7 nitrogen and oxygen atoms in total. The number of aromatic nitrogens is 2. The minimum atomic E-state index is -0.692. The lowest BCUT2D eigenvalue weighted by Gasteiger charge is -1.96. The van der Waals surface area contributed by atoms with Gasteiger partial charge in [-0.3, -0.25) is 9.78 Å². The molecule has 0 radical (unpaired) electrons. The van der Waals surface area contributed by atoms with Crippen molar-refractivity contribution in [3.63, 3.8) is 0 Å². The third-order valence-corrected chi connectivity index (χ3v) is 2.09. The van der Waals surface area contributed by atoms with Gasteiger partial charge in [0.05, 0.1) is 0 Å². The van der Waals surface area contributed by atoms with Crippen molar-refractivity contribution in [1.29, 1.82) is 0 Å². The average Bonchev–Trinajstić information content (AvgIpc) is 2.52. The maximum absolute atomic E-state index is 11.4. The van der Waals surface area contributed by atoms with Gasteiger partial charge in [-0.15, -0.1) is 0 Å². The number of nitrogens with one attached hydrogen (secondary N) is 2. The van der Waals surface area contributed by atoms with Crippen LogP contribution in [0.15, 0.2) is 14.0 Å². The Balaban J connectivity index is 2.68. The van der Waals surface area contributed by atoms with Crippen LogP contribution in [0, 0.1) is 0 Å². The molecule has 16 heavy (non-hydrogen) atoms. The van der Waals surface area contributed by atoms with Gasteiger partial charge in [0.1, 0.15) is 17.5 Å². The molecule has 0 bridgehead atoms. The second-order valence-electron chi connectivity index (χ2n) is 3.13. The summed E-state index contributed by atoms with van der Waals surface area (Å²) >= 11 is 0. The Kier molecular flexibility index (Phi) is 2.53. The van der Waals surface area contributed by atoms with Crippen LogP contribution in [0.5, 0.6) is 5.95 Å². The van der Waals surface area contributed by atoms with E-state index in [0.29, 0.717) is 6.61 Å². The molecule has 0 aromatic carbocycles. The Morgan fingerprint density at radius 2 is 2.12 bits per heavy atom. The highest BCUT2D eigenvalue weighted by Crippen LogP contribution is 2.26. The van der Waals surface area contributed by atoms with Crippen LogP contribution in [0.1, 0.15) is 12.7 Å².